The van der Waals surface area contributed by atoms with Crippen molar-refractivity contribution in [2.75, 3.05) is 0 Å². The lowest BCUT2D eigenvalue weighted by Crippen LogP contribution is -2.23. The van der Waals surface area contributed by atoms with Crippen LogP contribution >= 0.6 is 15.9 Å². The normalized spacial score (nSPS) is 23.8. The maximum Gasteiger partial charge on any atom is 0.332 e. The molecule has 1 heterocycles. The summed E-state index contributed by atoms with van der Waals surface area (Å²) in [5, 5.41) is 9.03. The molecule has 1 aromatic rings. The molecule has 0 saturated heterocycles. The summed E-state index contributed by atoms with van der Waals surface area (Å²) in [5.41, 5.74) is 0.808. The van der Waals surface area contributed by atoms with Crippen LogP contribution in [-0.2, 0) is 9.53 Å². The van der Waals surface area contributed by atoms with Gasteiger partial charge in [0.1, 0.15) is 0 Å². The predicted octanol–water partition coefficient (Wildman–Crippen LogP) is 2.39. The van der Waals surface area contributed by atoms with Crippen LogP contribution in [0, 0.1) is 0 Å². The van der Waals surface area contributed by atoms with Gasteiger partial charge in [0.2, 0.25) is 0 Å². The first-order valence-electron chi connectivity index (χ1n) is 4.77. The van der Waals surface area contributed by atoms with Gasteiger partial charge in [-0.15, -0.1) is 0 Å². The van der Waals surface area contributed by atoms with E-state index in [1.165, 1.54) is 0 Å². The van der Waals surface area contributed by atoms with Gasteiger partial charge in [0, 0.05) is 11.4 Å². The molecule has 2 rings (SSSR count). The molecule has 0 aliphatic carbocycles. The summed E-state index contributed by atoms with van der Waals surface area (Å²) >= 11 is 3.34. The number of carboxylic acid groups (broad SMARTS) is 1. The highest BCUT2D eigenvalue weighted by atomic mass is 79.9. The molecule has 0 aromatic heterocycles. The molecule has 5 heteroatoms. The highest BCUT2D eigenvalue weighted by molar-refractivity contribution is 9.10. The van der Waals surface area contributed by atoms with Crippen molar-refractivity contribution in [3.63, 3.8) is 0 Å². The number of nitrogens with zero attached hydrogens (tertiary/aromatic N) is 1. The number of carbonyl (C=O) groups is 1. The summed E-state index contributed by atoms with van der Waals surface area (Å²) in [6.07, 6.45) is -0.532. The van der Waals surface area contributed by atoms with Crippen LogP contribution in [0.2, 0.25) is 0 Å². The van der Waals surface area contributed by atoms with Gasteiger partial charge in [0.15, 0.2) is 18.0 Å². The van der Waals surface area contributed by atoms with Crippen molar-refractivity contribution in [2.45, 2.75) is 19.1 Å². The summed E-state index contributed by atoms with van der Waals surface area (Å²) < 4.78 is 6.32. The van der Waals surface area contributed by atoms with Crippen LogP contribution in [0.5, 0.6) is 0 Å². The summed E-state index contributed by atoms with van der Waals surface area (Å²) in [4.78, 5) is 15.0. The number of benzene rings is 1. The lowest BCUT2D eigenvalue weighted by molar-refractivity contribution is -0.140. The first-order chi connectivity index (χ1) is 7.58. The van der Waals surface area contributed by atoms with Crippen LogP contribution in [0.1, 0.15) is 18.6 Å². The van der Waals surface area contributed by atoms with E-state index in [1.807, 2.05) is 24.3 Å². The fraction of sp³-hybridized carbons (Fsp3) is 0.273. The molecule has 1 aliphatic rings. The lowest BCUT2D eigenvalue weighted by atomic mass is 10.0. The molecule has 0 bridgehead atoms. The average molecular weight is 284 g/mol. The average Bonchev–Trinajstić information content (AvgIpc) is 2.60. The molecule has 4 nitrogen and oxygen atoms in total. The number of carboxylic acids is 1. The molecule has 1 aromatic carbocycles. The molecule has 1 N–H and O–H groups in total. The molecular weight excluding hydrogens is 274 g/mol. The minimum Gasteiger partial charge on any atom is -0.480 e. The van der Waals surface area contributed by atoms with Crippen molar-refractivity contribution >= 4 is 27.8 Å². The minimum atomic E-state index is -0.971. The Labute approximate surface area is 101 Å². The molecule has 0 saturated carbocycles. The Bertz CT molecular complexity index is 458. The first-order valence-corrected chi connectivity index (χ1v) is 5.56. The molecule has 84 valence electrons. The van der Waals surface area contributed by atoms with E-state index in [9.17, 15) is 4.79 Å². The topological polar surface area (TPSA) is 58.9 Å². The van der Waals surface area contributed by atoms with E-state index in [2.05, 4.69) is 20.9 Å². The van der Waals surface area contributed by atoms with Gasteiger partial charge < -0.3 is 9.84 Å². The third kappa shape index (κ3) is 2.09. The summed E-state index contributed by atoms with van der Waals surface area (Å²) in [5.74, 6) is -0.556. The van der Waals surface area contributed by atoms with Gasteiger partial charge in [-0.3, -0.25) is 0 Å². The summed E-state index contributed by atoms with van der Waals surface area (Å²) in [7, 11) is 0. The number of aliphatic carboxylic acids is 1. The third-order valence-corrected chi connectivity index (χ3v) is 2.83. The zero-order chi connectivity index (χ0) is 11.7. The fourth-order valence-electron chi connectivity index (χ4n) is 1.66. The molecule has 1 aliphatic heterocycles. The van der Waals surface area contributed by atoms with E-state index in [1.54, 1.807) is 6.92 Å². The SMILES string of the molecule is CC1=NC(C(=O)O)C(c2cccc(Br)c2)O1. The van der Waals surface area contributed by atoms with E-state index in [0.29, 0.717) is 5.90 Å². The zero-order valence-electron chi connectivity index (χ0n) is 8.55. The van der Waals surface area contributed by atoms with Gasteiger partial charge in [-0.25, -0.2) is 9.79 Å². The van der Waals surface area contributed by atoms with Crippen LogP contribution in [0.15, 0.2) is 33.7 Å². The van der Waals surface area contributed by atoms with Crippen LogP contribution in [-0.4, -0.2) is 23.0 Å². The highest BCUT2D eigenvalue weighted by Crippen LogP contribution is 2.30. The largest absolute Gasteiger partial charge is 0.480 e. The van der Waals surface area contributed by atoms with Gasteiger partial charge in [-0.05, 0) is 17.7 Å². The Hall–Kier alpha value is -1.36. The maximum absolute atomic E-state index is 11.0. The number of hydrogen-bond acceptors (Lipinski definition) is 3. The number of rotatable bonds is 2. The van der Waals surface area contributed by atoms with Crippen molar-refractivity contribution in [1.29, 1.82) is 0 Å². The smallest absolute Gasteiger partial charge is 0.332 e. The van der Waals surface area contributed by atoms with Gasteiger partial charge in [0.05, 0.1) is 0 Å². The zero-order valence-corrected chi connectivity index (χ0v) is 10.1. The molecule has 2 atom stereocenters. The molecule has 0 fully saturated rings. The lowest BCUT2D eigenvalue weighted by Gasteiger charge is -2.14. The van der Waals surface area contributed by atoms with Gasteiger partial charge >= 0.3 is 5.97 Å². The summed E-state index contributed by atoms with van der Waals surface area (Å²) in [6, 6.07) is 6.54. The molecule has 2 unspecified atom stereocenters. The minimum absolute atomic E-state index is 0.414. The molecule has 0 amide bonds. The Morgan fingerprint density at radius 3 is 2.94 bits per heavy atom. The maximum atomic E-state index is 11.0. The Morgan fingerprint density at radius 2 is 2.31 bits per heavy atom. The second-order valence-corrected chi connectivity index (χ2v) is 4.44. The second-order valence-electron chi connectivity index (χ2n) is 3.52. The van der Waals surface area contributed by atoms with Crippen LogP contribution in [0.3, 0.4) is 0 Å². The molecule has 0 spiro atoms. The standard InChI is InChI=1S/C11H10BrNO3/c1-6-13-9(11(14)15)10(16-6)7-3-2-4-8(12)5-7/h2-5,9-10H,1H3,(H,14,15). The van der Waals surface area contributed by atoms with Crippen molar-refractivity contribution in [3.05, 3.63) is 34.3 Å². The van der Waals surface area contributed by atoms with Crippen LogP contribution < -0.4 is 0 Å². The van der Waals surface area contributed by atoms with E-state index < -0.39 is 18.1 Å². The molecule has 0 radical (unpaired) electrons. The number of hydrogen-bond donors (Lipinski definition) is 1. The third-order valence-electron chi connectivity index (χ3n) is 2.34. The first kappa shape index (κ1) is 11.1. The van der Waals surface area contributed by atoms with Crippen molar-refractivity contribution in [3.8, 4) is 0 Å². The Kier molecular flexibility index (Phi) is 2.96. The number of aliphatic imine (C=N–C) groups is 1. The second kappa shape index (κ2) is 4.25. The van der Waals surface area contributed by atoms with Crippen LogP contribution in [0.25, 0.3) is 0 Å². The Balaban J connectivity index is 2.32. The van der Waals surface area contributed by atoms with E-state index >= 15 is 0 Å². The van der Waals surface area contributed by atoms with Crippen molar-refractivity contribution < 1.29 is 14.6 Å². The van der Waals surface area contributed by atoms with Crippen molar-refractivity contribution in [2.24, 2.45) is 4.99 Å². The highest BCUT2D eigenvalue weighted by Gasteiger charge is 2.36. The predicted molar refractivity (Wildman–Crippen MR) is 62.5 cm³/mol. The van der Waals surface area contributed by atoms with E-state index in [-0.39, 0.29) is 0 Å². The van der Waals surface area contributed by atoms with Gasteiger partial charge in [0.25, 0.3) is 0 Å². The monoisotopic (exact) mass is 283 g/mol. The fourth-order valence-corrected chi connectivity index (χ4v) is 2.08. The van der Waals surface area contributed by atoms with Gasteiger partial charge in [-0.1, -0.05) is 28.1 Å². The quantitative estimate of drug-likeness (QED) is 0.907. The van der Waals surface area contributed by atoms with Crippen LogP contribution in [0.4, 0.5) is 0 Å². The van der Waals surface area contributed by atoms with Crippen molar-refractivity contribution in [1.82, 2.24) is 0 Å². The summed E-state index contributed by atoms with van der Waals surface area (Å²) in [6.45, 7) is 1.66. The number of halogens is 1. The molecule has 16 heavy (non-hydrogen) atoms. The Morgan fingerprint density at radius 1 is 1.56 bits per heavy atom. The van der Waals surface area contributed by atoms with E-state index in [4.69, 9.17) is 9.84 Å². The number of ether oxygens (including phenoxy) is 1. The van der Waals surface area contributed by atoms with Gasteiger partial charge in [-0.2, -0.15) is 0 Å². The van der Waals surface area contributed by atoms with E-state index in [0.717, 1.165) is 10.0 Å². The molecular formula is C11H10BrNO3.